The van der Waals surface area contributed by atoms with E-state index in [-0.39, 0.29) is 18.8 Å². The summed E-state index contributed by atoms with van der Waals surface area (Å²) in [6.07, 6.45) is 2.41. The van der Waals surface area contributed by atoms with E-state index in [1.54, 1.807) is 10.9 Å². The van der Waals surface area contributed by atoms with E-state index >= 15 is 0 Å². The molecule has 0 unspecified atom stereocenters. The molecule has 1 saturated carbocycles. The highest BCUT2D eigenvalue weighted by Gasteiger charge is 2.35. The van der Waals surface area contributed by atoms with Gasteiger partial charge >= 0.3 is 0 Å². The minimum Gasteiger partial charge on any atom is -0.454 e. The maximum atomic E-state index is 10.1. The Balaban J connectivity index is 1.62. The summed E-state index contributed by atoms with van der Waals surface area (Å²) in [6, 6.07) is 5.41. The second-order valence-electron chi connectivity index (χ2n) is 7.05. The van der Waals surface area contributed by atoms with Crippen LogP contribution in [0.1, 0.15) is 30.3 Å². The van der Waals surface area contributed by atoms with E-state index in [4.69, 9.17) is 25.3 Å². The summed E-state index contributed by atoms with van der Waals surface area (Å²) < 4.78 is 12.7. The van der Waals surface area contributed by atoms with Crippen molar-refractivity contribution in [2.45, 2.75) is 37.8 Å². The lowest BCUT2D eigenvalue weighted by Gasteiger charge is -2.11. The molecule has 0 amide bonds. The van der Waals surface area contributed by atoms with Gasteiger partial charge in [-0.1, -0.05) is 0 Å². The minimum atomic E-state index is -0.531. The van der Waals surface area contributed by atoms with Gasteiger partial charge in [0.2, 0.25) is 6.79 Å². The highest BCUT2D eigenvalue weighted by molar-refractivity contribution is 5.57. The number of rotatable bonds is 3. The van der Waals surface area contributed by atoms with Crippen LogP contribution in [0.15, 0.2) is 24.4 Å². The van der Waals surface area contributed by atoms with Crippen LogP contribution >= 0.6 is 0 Å². The Morgan fingerprint density at radius 1 is 1.26 bits per heavy atom. The molecule has 140 valence electrons. The molecule has 3 atom stereocenters. The van der Waals surface area contributed by atoms with Crippen molar-refractivity contribution in [2.24, 2.45) is 5.73 Å². The number of aromatic amines is 1. The Morgan fingerprint density at radius 3 is 2.85 bits per heavy atom. The Labute approximate surface area is 155 Å². The van der Waals surface area contributed by atoms with Crippen LogP contribution in [0.4, 0.5) is 0 Å². The van der Waals surface area contributed by atoms with Gasteiger partial charge in [-0.3, -0.25) is 5.10 Å². The molecule has 1 fully saturated rings. The average Bonchev–Trinajstić information content (AvgIpc) is 3.41. The summed E-state index contributed by atoms with van der Waals surface area (Å²) in [6.45, 7) is 2.14. The maximum Gasteiger partial charge on any atom is 0.231 e. The highest BCUT2D eigenvalue weighted by atomic mass is 16.7. The standard InChI is InChI=1S/C18H20N6O3/c1-9-12(7-20-22-9)17-21-18(10-4-13(19)14(25)5-10)24(23-17)11-2-3-15-16(6-11)27-8-26-15/h2-3,6-7,10,13-14,25H,4-5,8,19H2,1H3,(H,20,22)/t10-,13-,14-/m0/s1. The van der Waals surface area contributed by atoms with E-state index < -0.39 is 6.10 Å². The maximum absolute atomic E-state index is 10.1. The first kappa shape index (κ1) is 16.3. The Morgan fingerprint density at radius 2 is 2.11 bits per heavy atom. The number of hydrogen-bond donors (Lipinski definition) is 3. The fourth-order valence-corrected chi connectivity index (χ4v) is 3.74. The van der Waals surface area contributed by atoms with E-state index in [1.165, 1.54) is 0 Å². The zero-order chi connectivity index (χ0) is 18.5. The van der Waals surface area contributed by atoms with Crippen molar-refractivity contribution in [1.82, 2.24) is 25.0 Å². The number of aliphatic hydroxyl groups is 1. The van der Waals surface area contributed by atoms with E-state index in [1.807, 2.05) is 25.1 Å². The van der Waals surface area contributed by atoms with E-state index in [0.29, 0.717) is 30.2 Å². The molecule has 0 spiro atoms. The fraction of sp³-hybridized carbons (Fsp3) is 0.389. The van der Waals surface area contributed by atoms with Crippen molar-refractivity contribution in [1.29, 1.82) is 0 Å². The zero-order valence-corrected chi connectivity index (χ0v) is 14.8. The topological polar surface area (TPSA) is 124 Å². The first-order valence-electron chi connectivity index (χ1n) is 8.91. The number of aromatic nitrogens is 5. The molecule has 1 aliphatic heterocycles. The Kier molecular flexibility index (Phi) is 3.66. The van der Waals surface area contributed by atoms with E-state index in [9.17, 15) is 5.11 Å². The summed E-state index contributed by atoms with van der Waals surface area (Å²) in [4.78, 5) is 4.79. The van der Waals surface area contributed by atoms with Gasteiger partial charge in [0.05, 0.1) is 23.6 Å². The van der Waals surface area contributed by atoms with Crippen LogP contribution < -0.4 is 15.2 Å². The molecule has 0 radical (unpaired) electrons. The van der Waals surface area contributed by atoms with Crippen molar-refractivity contribution in [3.05, 3.63) is 35.9 Å². The van der Waals surface area contributed by atoms with Crippen LogP contribution in [0.25, 0.3) is 17.1 Å². The van der Waals surface area contributed by atoms with Gasteiger partial charge in [-0.2, -0.15) is 5.10 Å². The van der Waals surface area contributed by atoms with E-state index in [0.717, 1.165) is 22.8 Å². The van der Waals surface area contributed by atoms with Gasteiger partial charge < -0.3 is 20.3 Å². The summed E-state index contributed by atoms with van der Waals surface area (Å²) in [5.41, 5.74) is 8.60. The quantitative estimate of drug-likeness (QED) is 0.636. The smallest absolute Gasteiger partial charge is 0.231 e. The van der Waals surface area contributed by atoms with Crippen molar-refractivity contribution in [3.8, 4) is 28.6 Å². The number of nitrogens with zero attached hydrogens (tertiary/aromatic N) is 4. The van der Waals surface area contributed by atoms with Crippen molar-refractivity contribution < 1.29 is 14.6 Å². The highest BCUT2D eigenvalue weighted by Crippen LogP contribution is 2.38. The Bertz CT molecular complexity index is 987. The molecule has 3 heterocycles. The minimum absolute atomic E-state index is 0.0221. The number of aryl methyl sites for hydroxylation is 1. The number of nitrogens with one attached hydrogen (secondary N) is 1. The molecule has 1 aromatic carbocycles. The molecule has 27 heavy (non-hydrogen) atoms. The van der Waals surface area contributed by atoms with Gasteiger partial charge in [-0.05, 0) is 31.9 Å². The number of hydrogen-bond acceptors (Lipinski definition) is 7. The van der Waals surface area contributed by atoms with Gasteiger partial charge in [-0.25, -0.2) is 9.67 Å². The van der Waals surface area contributed by atoms with Crippen LogP contribution in [0.3, 0.4) is 0 Å². The van der Waals surface area contributed by atoms with Gasteiger partial charge in [0, 0.05) is 23.7 Å². The summed E-state index contributed by atoms with van der Waals surface area (Å²) in [7, 11) is 0. The molecule has 5 rings (SSSR count). The van der Waals surface area contributed by atoms with Crippen molar-refractivity contribution in [3.63, 3.8) is 0 Å². The molecule has 3 aromatic rings. The second-order valence-corrected chi connectivity index (χ2v) is 7.05. The molecule has 0 bridgehead atoms. The van der Waals surface area contributed by atoms with Crippen LogP contribution in [0, 0.1) is 6.92 Å². The van der Waals surface area contributed by atoms with Crippen LogP contribution in [0.2, 0.25) is 0 Å². The lowest BCUT2D eigenvalue weighted by atomic mass is 10.1. The molecule has 2 aliphatic rings. The average molecular weight is 368 g/mol. The fourth-order valence-electron chi connectivity index (χ4n) is 3.74. The van der Waals surface area contributed by atoms with Gasteiger partial charge in [-0.15, -0.1) is 5.10 Å². The number of ether oxygens (including phenoxy) is 2. The number of aliphatic hydroxyl groups excluding tert-OH is 1. The van der Waals surface area contributed by atoms with Crippen LogP contribution in [-0.4, -0.2) is 49.0 Å². The molecular weight excluding hydrogens is 348 g/mol. The van der Waals surface area contributed by atoms with Crippen molar-refractivity contribution in [2.75, 3.05) is 6.79 Å². The number of fused-ring (bicyclic) bond motifs is 1. The predicted molar refractivity (Wildman–Crippen MR) is 95.8 cm³/mol. The predicted octanol–water partition coefficient (Wildman–Crippen LogP) is 1.26. The molecule has 0 saturated heterocycles. The van der Waals surface area contributed by atoms with Gasteiger partial charge in [0.25, 0.3) is 0 Å². The molecule has 9 nitrogen and oxygen atoms in total. The molecule has 2 aromatic heterocycles. The summed E-state index contributed by atoms with van der Waals surface area (Å²) in [5, 5.41) is 21.8. The Hall–Kier alpha value is -2.91. The second kappa shape index (κ2) is 6.07. The lowest BCUT2D eigenvalue weighted by Crippen LogP contribution is -2.28. The third kappa shape index (κ3) is 2.66. The third-order valence-corrected chi connectivity index (χ3v) is 5.25. The molecule has 1 aliphatic carbocycles. The SMILES string of the molecule is Cc1[nH]ncc1-c1nc([C@H]2C[C@H](N)[C@@H](O)C2)n(-c2ccc3c(c2)OCO3)n1. The number of benzene rings is 1. The summed E-state index contributed by atoms with van der Waals surface area (Å²) >= 11 is 0. The van der Waals surface area contributed by atoms with Gasteiger partial charge in [0.15, 0.2) is 17.3 Å². The third-order valence-electron chi connectivity index (χ3n) is 5.25. The lowest BCUT2D eigenvalue weighted by molar-refractivity contribution is 0.163. The first-order valence-corrected chi connectivity index (χ1v) is 8.91. The number of nitrogens with two attached hydrogens (primary N) is 1. The number of H-pyrrole nitrogens is 1. The monoisotopic (exact) mass is 368 g/mol. The summed E-state index contributed by atoms with van der Waals surface area (Å²) in [5.74, 6) is 2.78. The van der Waals surface area contributed by atoms with Crippen LogP contribution in [0.5, 0.6) is 11.5 Å². The van der Waals surface area contributed by atoms with E-state index in [2.05, 4.69) is 10.2 Å². The van der Waals surface area contributed by atoms with Crippen molar-refractivity contribution >= 4 is 0 Å². The normalized spacial score (nSPS) is 23.9. The molecule has 4 N–H and O–H groups in total. The largest absolute Gasteiger partial charge is 0.454 e. The first-order chi connectivity index (χ1) is 13.1. The molecular formula is C18H20N6O3. The van der Waals surface area contributed by atoms with Crippen LogP contribution in [-0.2, 0) is 0 Å². The molecule has 9 heteroatoms. The zero-order valence-electron chi connectivity index (χ0n) is 14.8. The van der Waals surface area contributed by atoms with Gasteiger partial charge in [0.1, 0.15) is 5.82 Å².